The number of halogens is 1. The minimum absolute atomic E-state index is 0. The average Bonchev–Trinajstić information content (AvgIpc) is 2.71. The Balaban J connectivity index is 0.00000133. The number of hydrogen-bond donors (Lipinski definition) is 0. The Hall–Kier alpha value is -0.730. The second-order valence-corrected chi connectivity index (χ2v) is 6.06. The van der Waals surface area contributed by atoms with Crippen molar-refractivity contribution in [1.82, 2.24) is 4.90 Å². The van der Waals surface area contributed by atoms with Gasteiger partial charge in [0.1, 0.15) is 11.4 Å². The molecule has 3 heteroatoms. The van der Waals surface area contributed by atoms with Gasteiger partial charge in [0, 0.05) is 24.4 Å². The molecule has 19 heavy (non-hydrogen) atoms. The van der Waals surface area contributed by atoms with Gasteiger partial charge in [-0.15, -0.1) is 12.4 Å². The Kier molecular flexibility index (Phi) is 4.42. The Labute approximate surface area is 122 Å². The van der Waals surface area contributed by atoms with Gasteiger partial charge in [0.15, 0.2) is 0 Å². The minimum Gasteiger partial charge on any atom is -0.486 e. The van der Waals surface area contributed by atoms with Crippen LogP contribution in [-0.2, 0) is 0 Å². The third-order valence-corrected chi connectivity index (χ3v) is 4.57. The van der Waals surface area contributed by atoms with E-state index in [1.807, 2.05) is 0 Å². The first-order chi connectivity index (χ1) is 8.71. The van der Waals surface area contributed by atoms with Gasteiger partial charge in [0.25, 0.3) is 0 Å². The summed E-state index contributed by atoms with van der Waals surface area (Å²) in [6.45, 7) is 1.12. The molecule has 1 saturated carbocycles. The van der Waals surface area contributed by atoms with Crippen LogP contribution in [0.15, 0.2) is 24.3 Å². The topological polar surface area (TPSA) is 12.5 Å². The van der Waals surface area contributed by atoms with Gasteiger partial charge >= 0.3 is 0 Å². The monoisotopic (exact) mass is 281 g/mol. The molecular formula is C16H24ClNO. The van der Waals surface area contributed by atoms with E-state index >= 15 is 0 Å². The number of fused-ring (bicyclic) bond motifs is 3. The molecule has 0 spiro atoms. The molecule has 0 unspecified atom stereocenters. The Bertz CT molecular complexity index is 435. The number of hydrogen-bond acceptors (Lipinski definition) is 2. The van der Waals surface area contributed by atoms with E-state index in [1.165, 1.54) is 31.2 Å². The second-order valence-electron chi connectivity index (χ2n) is 6.06. The maximum Gasteiger partial charge on any atom is 0.123 e. The van der Waals surface area contributed by atoms with E-state index in [1.54, 1.807) is 0 Å². The van der Waals surface area contributed by atoms with Crippen molar-refractivity contribution in [3.8, 4) is 5.75 Å². The van der Waals surface area contributed by atoms with E-state index in [9.17, 15) is 0 Å². The van der Waals surface area contributed by atoms with E-state index in [0.29, 0.717) is 5.92 Å². The third kappa shape index (κ3) is 2.61. The predicted octanol–water partition coefficient (Wildman–Crippen LogP) is 3.85. The van der Waals surface area contributed by atoms with Crippen molar-refractivity contribution in [2.75, 3.05) is 20.6 Å². The van der Waals surface area contributed by atoms with Crippen molar-refractivity contribution in [3.63, 3.8) is 0 Å². The molecule has 3 rings (SSSR count). The van der Waals surface area contributed by atoms with Crippen molar-refractivity contribution >= 4 is 12.4 Å². The summed E-state index contributed by atoms with van der Waals surface area (Å²) in [4.78, 5) is 2.27. The lowest BCUT2D eigenvalue weighted by atomic mass is 9.72. The van der Waals surface area contributed by atoms with Crippen LogP contribution in [0, 0.1) is 0 Å². The Morgan fingerprint density at radius 2 is 2.05 bits per heavy atom. The molecule has 0 amide bonds. The molecule has 1 fully saturated rings. The number of nitrogens with zero attached hydrogens (tertiary/aromatic N) is 1. The fraction of sp³-hybridized carbons (Fsp3) is 0.625. The lowest BCUT2D eigenvalue weighted by Crippen LogP contribution is -2.42. The lowest BCUT2D eigenvalue weighted by Gasteiger charge is -2.39. The largest absolute Gasteiger partial charge is 0.486 e. The maximum atomic E-state index is 6.42. The summed E-state index contributed by atoms with van der Waals surface area (Å²) >= 11 is 0. The van der Waals surface area contributed by atoms with Crippen molar-refractivity contribution in [3.05, 3.63) is 29.8 Å². The Morgan fingerprint density at radius 1 is 1.26 bits per heavy atom. The first-order valence-corrected chi connectivity index (χ1v) is 7.14. The standard InChI is InChI=1S/C16H23NO.ClH/c1-17(2)12-11-16-10-6-5-8-14(16)13-7-3-4-9-15(13)18-16;/h3-4,7,9,14H,5-6,8,10-12H2,1-2H3;1H/t14-,16+;/m1./s1. The van der Waals surface area contributed by atoms with Crippen LogP contribution < -0.4 is 4.74 Å². The van der Waals surface area contributed by atoms with Gasteiger partial charge in [0.05, 0.1) is 0 Å². The highest BCUT2D eigenvalue weighted by Crippen LogP contribution is 2.53. The van der Waals surface area contributed by atoms with Crippen molar-refractivity contribution in [2.24, 2.45) is 0 Å². The van der Waals surface area contributed by atoms with Crippen LogP contribution in [-0.4, -0.2) is 31.1 Å². The van der Waals surface area contributed by atoms with Crippen LogP contribution in [0.1, 0.15) is 43.6 Å². The van der Waals surface area contributed by atoms with Gasteiger partial charge in [-0.3, -0.25) is 0 Å². The summed E-state index contributed by atoms with van der Waals surface area (Å²) in [7, 11) is 4.30. The zero-order valence-corrected chi connectivity index (χ0v) is 12.7. The molecule has 1 aliphatic carbocycles. The molecule has 2 atom stereocenters. The van der Waals surface area contributed by atoms with Crippen LogP contribution in [0.3, 0.4) is 0 Å². The molecule has 0 radical (unpaired) electrons. The van der Waals surface area contributed by atoms with Crippen LogP contribution >= 0.6 is 12.4 Å². The second kappa shape index (κ2) is 5.72. The molecule has 2 nitrogen and oxygen atoms in total. The van der Waals surface area contributed by atoms with Gasteiger partial charge in [-0.05, 0) is 39.4 Å². The highest BCUT2D eigenvalue weighted by Gasteiger charge is 2.48. The van der Waals surface area contributed by atoms with Gasteiger partial charge in [-0.25, -0.2) is 0 Å². The van der Waals surface area contributed by atoms with E-state index < -0.39 is 0 Å². The van der Waals surface area contributed by atoms with Gasteiger partial charge in [-0.2, -0.15) is 0 Å². The maximum absolute atomic E-state index is 6.42. The van der Waals surface area contributed by atoms with Gasteiger partial charge in [-0.1, -0.05) is 24.6 Å². The number of rotatable bonds is 3. The van der Waals surface area contributed by atoms with Crippen molar-refractivity contribution in [1.29, 1.82) is 0 Å². The highest BCUT2D eigenvalue weighted by molar-refractivity contribution is 5.85. The highest BCUT2D eigenvalue weighted by atomic mass is 35.5. The fourth-order valence-electron chi connectivity index (χ4n) is 3.61. The van der Waals surface area contributed by atoms with E-state index in [4.69, 9.17) is 4.74 Å². The van der Waals surface area contributed by atoms with Crippen LogP contribution in [0.5, 0.6) is 5.75 Å². The van der Waals surface area contributed by atoms with Crippen LogP contribution in [0.25, 0.3) is 0 Å². The molecule has 1 aliphatic heterocycles. The number of benzene rings is 1. The first kappa shape index (κ1) is 14.7. The zero-order valence-electron chi connectivity index (χ0n) is 11.9. The minimum atomic E-state index is 0. The number of ether oxygens (including phenoxy) is 1. The summed E-state index contributed by atoms with van der Waals surface area (Å²) in [6, 6.07) is 8.66. The van der Waals surface area contributed by atoms with Gasteiger partial charge < -0.3 is 9.64 Å². The lowest BCUT2D eigenvalue weighted by molar-refractivity contribution is 0.0214. The smallest absolute Gasteiger partial charge is 0.123 e. The molecule has 2 aliphatic rings. The summed E-state index contributed by atoms with van der Waals surface area (Å²) in [5.41, 5.74) is 1.54. The van der Waals surface area contributed by atoms with E-state index in [2.05, 4.69) is 43.3 Å². The van der Waals surface area contributed by atoms with Crippen LogP contribution in [0.4, 0.5) is 0 Å². The van der Waals surface area contributed by atoms with Gasteiger partial charge in [0.2, 0.25) is 0 Å². The van der Waals surface area contributed by atoms with E-state index in [-0.39, 0.29) is 18.0 Å². The average molecular weight is 282 g/mol. The molecular weight excluding hydrogens is 258 g/mol. The SMILES string of the molecule is CN(C)CC[C@@]12CCCC[C@@H]1c1ccccc1O2.Cl. The van der Waals surface area contributed by atoms with E-state index in [0.717, 1.165) is 18.7 Å². The molecule has 0 N–H and O–H groups in total. The normalized spacial score (nSPS) is 28.3. The molecule has 1 heterocycles. The zero-order chi connectivity index (χ0) is 12.6. The predicted molar refractivity (Wildman–Crippen MR) is 81.4 cm³/mol. The van der Waals surface area contributed by atoms with Crippen molar-refractivity contribution < 1.29 is 4.74 Å². The Morgan fingerprint density at radius 3 is 2.84 bits per heavy atom. The third-order valence-electron chi connectivity index (χ3n) is 4.57. The molecule has 0 saturated heterocycles. The summed E-state index contributed by atoms with van der Waals surface area (Å²) in [5.74, 6) is 1.77. The quantitative estimate of drug-likeness (QED) is 0.834. The summed E-state index contributed by atoms with van der Waals surface area (Å²) in [6.07, 6.45) is 6.34. The summed E-state index contributed by atoms with van der Waals surface area (Å²) in [5, 5.41) is 0. The molecule has 1 aromatic rings. The summed E-state index contributed by atoms with van der Waals surface area (Å²) < 4.78 is 6.42. The van der Waals surface area contributed by atoms with Crippen molar-refractivity contribution in [2.45, 2.75) is 43.6 Å². The van der Waals surface area contributed by atoms with Crippen LogP contribution in [0.2, 0.25) is 0 Å². The molecule has 0 aromatic heterocycles. The fourth-order valence-corrected chi connectivity index (χ4v) is 3.61. The molecule has 0 bridgehead atoms. The number of para-hydroxylation sites is 1. The molecule has 106 valence electrons. The first-order valence-electron chi connectivity index (χ1n) is 7.14. The molecule has 1 aromatic carbocycles.